The monoisotopic (exact) mass is 601 g/mol. The van der Waals surface area contributed by atoms with Crippen LogP contribution in [-0.2, 0) is 5.54 Å². The van der Waals surface area contributed by atoms with Crippen molar-refractivity contribution in [2.45, 2.75) is 5.54 Å². The lowest BCUT2D eigenvalue weighted by atomic mass is 9.77. The summed E-state index contributed by atoms with van der Waals surface area (Å²) in [6.07, 6.45) is 0. The lowest BCUT2D eigenvalue weighted by Crippen LogP contribution is -2.38. The van der Waals surface area contributed by atoms with Gasteiger partial charge in [0.25, 0.3) is 0 Å². The third-order valence-corrected chi connectivity index (χ3v) is 7.72. The van der Waals surface area contributed by atoms with E-state index in [0.717, 1.165) is 33.1 Å². The van der Waals surface area contributed by atoms with Crippen molar-refractivity contribution in [2.24, 2.45) is 0 Å². The Morgan fingerprint density at radius 3 is 1.59 bits per heavy atom. The SMILES string of the molecule is COc1nc(OC)nc(OC(=O)c2ccc(-c3csc(NC(c4ccccc4)(c4ccccc4)c4ccccc4)n3)cc2)n1. The quantitative estimate of drug-likeness (QED) is 0.137. The lowest BCUT2D eigenvalue weighted by Gasteiger charge is -2.36. The number of methoxy groups -OCH3 is 2. The summed E-state index contributed by atoms with van der Waals surface area (Å²) in [5, 5.41) is 6.54. The molecule has 0 bridgehead atoms. The second-order valence-corrected chi connectivity index (χ2v) is 10.4. The summed E-state index contributed by atoms with van der Waals surface area (Å²) >= 11 is 1.51. The summed E-state index contributed by atoms with van der Waals surface area (Å²) in [6.45, 7) is 0. The van der Waals surface area contributed by atoms with Gasteiger partial charge >= 0.3 is 24.0 Å². The Bertz CT molecular complexity index is 1730. The molecule has 0 unspecified atom stereocenters. The van der Waals surface area contributed by atoms with Gasteiger partial charge in [-0.3, -0.25) is 0 Å². The Morgan fingerprint density at radius 1 is 0.636 bits per heavy atom. The first kappa shape index (κ1) is 28.5. The highest BCUT2D eigenvalue weighted by Crippen LogP contribution is 2.41. The first-order chi connectivity index (χ1) is 21.6. The number of nitrogens with zero attached hydrogens (tertiary/aromatic N) is 4. The van der Waals surface area contributed by atoms with E-state index in [9.17, 15) is 4.79 Å². The fraction of sp³-hybridized carbons (Fsp3) is 0.0882. The molecule has 44 heavy (non-hydrogen) atoms. The average molecular weight is 602 g/mol. The molecule has 0 saturated heterocycles. The van der Waals surface area contributed by atoms with E-state index in [-0.39, 0.29) is 18.0 Å². The molecule has 1 N–H and O–H groups in total. The molecular formula is C34H27N5O4S. The Morgan fingerprint density at radius 2 is 1.11 bits per heavy atom. The molecule has 9 nitrogen and oxygen atoms in total. The molecule has 0 radical (unpaired) electrons. The Labute approximate surface area is 258 Å². The van der Waals surface area contributed by atoms with E-state index in [4.69, 9.17) is 19.2 Å². The number of anilines is 1. The molecule has 0 aliphatic heterocycles. The van der Waals surface area contributed by atoms with Crippen LogP contribution in [0.2, 0.25) is 0 Å². The third kappa shape index (κ3) is 5.83. The van der Waals surface area contributed by atoms with Crippen LogP contribution in [0.5, 0.6) is 18.0 Å². The number of ether oxygens (including phenoxy) is 3. The van der Waals surface area contributed by atoms with Crippen LogP contribution >= 0.6 is 11.3 Å². The average Bonchev–Trinajstić information content (AvgIpc) is 3.56. The molecule has 0 saturated carbocycles. The van der Waals surface area contributed by atoms with E-state index in [1.807, 2.05) is 72.1 Å². The zero-order valence-electron chi connectivity index (χ0n) is 23.9. The molecule has 4 aromatic carbocycles. The van der Waals surface area contributed by atoms with Crippen LogP contribution in [-0.4, -0.2) is 40.1 Å². The van der Waals surface area contributed by atoms with E-state index >= 15 is 0 Å². The molecule has 6 aromatic rings. The van der Waals surface area contributed by atoms with Crippen LogP contribution in [0, 0.1) is 0 Å². The van der Waals surface area contributed by atoms with E-state index in [1.165, 1.54) is 25.6 Å². The zero-order chi connectivity index (χ0) is 30.4. The standard InChI is InChI=1S/C34H27N5O4S/c1-41-30-36-31(42-2)38-32(37-30)43-29(40)24-20-18-23(19-21-24)28-22-44-33(35-28)39-34(25-12-6-3-7-13-25,26-14-8-4-9-15-26)27-16-10-5-11-17-27/h3-22H,1-2H3,(H,35,39). The van der Waals surface area contributed by atoms with Crippen LogP contribution in [0.1, 0.15) is 27.0 Å². The van der Waals surface area contributed by atoms with Crippen molar-refractivity contribution in [3.8, 4) is 29.3 Å². The number of hydrogen-bond donors (Lipinski definition) is 1. The van der Waals surface area contributed by atoms with Crippen molar-refractivity contribution in [2.75, 3.05) is 19.5 Å². The maximum atomic E-state index is 12.8. The van der Waals surface area contributed by atoms with Gasteiger partial charge in [0.1, 0.15) is 5.54 Å². The molecule has 0 spiro atoms. The summed E-state index contributed by atoms with van der Waals surface area (Å²) in [5.41, 5.74) is 4.51. The Kier molecular flexibility index (Phi) is 8.24. The highest BCUT2D eigenvalue weighted by Gasteiger charge is 2.37. The van der Waals surface area contributed by atoms with Crippen LogP contribution in [0.15, 0.2) is 121 Å². The topological polar surface area (TPSA) is 108 Å². The van der Waals surface area contributed by atoms with Crippen molar-refractivity contribution in [3.05, 3.63) is 143 Å². The van der Waals surface area contributed by atoms with Gasteiger partial charge in [-0.05, 0) is 28.8 Å². The number of thiazole rings is 1. The van der Waals surface area contributed by atoms with Crippen molar-refractivity contribution in [1.29, 1.82) is 0 Å². The van der Waals surface area contributed by atoms with Crippen LogP contribution < -0.4 is 19.5 Å². The van der Waals surface area contributed by atoms with Crippen LogP contribution in [0.25, 0.3) is 11.3 Å². The summed E-state index contributed by atoms with van der Waals surface area (Å²) in [5.74, 6) is -0.633. The van der Waals surface area contributed by atoms with E-state index in [2.05, 4.69) is 56.7 Å². The fourth-order valence-corrected chi connectivity index (χ4v) is 5.65. The smallest absolute Gasteiger partial charge is 0.345 e. The van der Waals surface area contributed by atoms with Gasteiger partial charge < -0.3 is 19.5 Å². The third-order valence-electron chi connectivity index (χ3n) is 6.96. The number of rotatable bonds is 10. The van der Waals surface area contributed by atoms with Gasteiger partial charge in [-0.1, -0.05) is 103 Å². The lowest BCUT2D eigenvalue weighted by molar-refractivity contribution is 0.0716. The zero-order valence-corrected chi connectivity index (χ0v) is 24.7. The number of esters is 1. The maximum absolute atomic E-state index is 12.8. The normalized spacial score (nSPS) is 11.0. The molecule has 2 aromatic heterocycles. The predicted octanol–water partition coefficient (Wildman–Crippen LogP) is 6.64. The van der Waals surface area contributed by atoms with E-state index in [0.29, 0.717) is 5.56 Å². The molecule has 0 aliphatic rings. The molecular weight excluding hydrogens is 574 g/mol. The molecule has 2 heterocycles. The molecule has 0 amide bonds. The van der Waals surface area contributed by atoms with Gasteiger partial charge in [-0.15, -0.1) is 26.3 Å². The van der Waals surface area contributed by atoms with Gasteiger partial charge in [-0.25, -0.2) is 9.78 Å². The maximum Gasteiger partial charge on any atom is 0.345 e. The minimum atomic E-state index is -0.688. The highest BCUT2D eigenvalue weighted by atomic mass is 32.1. The number of nitrogens with one attached hydrogen (secondary N) is 1. The summed E-state index contributed by atoms with van der Waals surface area (Å²) < 4.78 is 15.4. The summed E-state index contributed by atoms with van der Waals surface area (Å²) in [4.78, 5) is 29.5. The molecule has 0 aliphatic carbocycles. The number of aromatic nitrogens is 4. The van der Waals surface area contributed by atoms with Crippen molar-refractivity contribution >= 4 is 22.4 Å². The number of carbonyl (C=O) groups is 1. The van der Waals surface area contributed by atoms with Gasteiger partial charge in [0, 0.05) is 10.9 Å². The van der Waals surface area contributed by atoms with Gasteiger partial charge in [-0.2, -0.15) is 0 Å². The van der Waals surface area contributed by atoms with E-state index < -0.39 is 11.5 Å². The molecule has 0 atom stereocenters. The number of hydrogen-bond acceptors (Lipinski definition) is 10. The molecule has 6 rings (SSSR count). The second kappa shape index (κ2) is 12.7. The van der Waals surface area contributed by atoms with Crippen molar-refractivity contribution in [1.82, 2.24) is 19.9 Å². The fourth-order valence-electron chi connectivity index (χ4n) is 4.87. The van der Waals surface area contributed by atoms with Crippen molar-refractivity contribution in [3.63, 3.8) is 0 Å². The van der Waals surface area contributed by atoms with Crippen LogP contribution in [0.4, 0.5) is 5.13 Å². The summed E-state index contributed by atoms with van der Waals surface area (Å²) in [7, 11) is 2.78. The first-order valence-electron chi connectivity index (χ1n) is 13.7. The van der Waals surface area contributed by atoms with Gasteiger partial charge in [0.15, 0.2) is 5.13 Å². The largest absolute Gasteiger partial charge is 0.467 e. The number of carbonyl (C=O) groups excluding carboxylic acids is 1. The Balaban J connectivity index is 1.28. The van der Waals surface area contributed by atoms with Crippen molar-refractivity contribution < 1.29 is 19.0 Å². The molecule has 0 fully saturated rings. The Hall–Kier alpha value is -5.61. The number of benzene rings is 4. The summed E-state index contributed by atoms with van der Waals surface area (Å²) in [6, 6.07) is 37.8. The van der Waals surface area contributed by atoms with Gasteiger partial charge in [0.2, 0.25) is 0 Å². The minimum Gasteiger partial charge on any atom is -0.467 e. The minimum absolute atomic E-state index is 0.0289. The highest BCUT2D eigenvalue weighted by molar-refractivity contribution is 7.14. The van der Waals surface area contributed by atoms with Crippen LogP contribution in [0.3, 0.4) is 0 Å². The molecule has 218 valence electrons. The van der Waals surface area contributed by atoms with E-state index in [1.54, 1.807) is 12.1 Å². The first-order valence-corrected chi connectivity index (χ1v) is 14.5. The predicted molar refractivity (Wildman–Crippen MR) is 168 cm³/mol. The molecule has 10 heteroatoms. The van der Waals surface area contributed by atoms with Gasteiger partial charge in [0.05, 0.1) is 25.5 Å². The second-order valence-electron chi connectivity index (χ2n) is 9.57.